The molecule has 12 heteroatoms. The molecule has 8 nitrogen and oxygen atoms in total. The molecule has 0 aliphatic carbocycles. The van der Waals surface area contributed by atoms with Crippen LogP contribution >= 0.6 is 47.1 Å². The van der Waals surface area contributed by atoms with E-state index in [-0.39, 0.29) is 30.5 Å². The molecule has 3 aromatic rings. The number of aromatic nitrogens is 1. The van der Waals surface area contributed by atoms with Gasteiger partial charge in [-0.2, -0.15) is 0 Å². The van der Waals surface area contributed by atoms with Crippen LogP contribution in [0.5, 0.6) is 0 Å². The van der Waals surface area contributed by atoms with Gasteiger partial charge in [0.05, 0.1) is 27.1 Å². The molecular formula is C20H16N4O4S4. The number of furan rings is 1. The summed E-state index contributed by atoms with van der Waals surface area (Å²) in [5, 5.41) is 0. The molecule has 0 radical (unpaired) electrons. The summed E-state index contributed by atoms with van der Waals surface area (Å²) in [6.45, 7) is 0.113. The monoisotopic (exact) mass is 504 g/mol. The van der Waals surface area contributed by atoms with Crippen molar-refractivity contribution < 1.29 is 18.8 Å². The van der Waals surface area contributed by atoms with Crippen molar-refractivity contribution in [1.29, 1.82) is 0 Å². The number of thioether (sulfide) groups is 2. The Kier molecular flexibility index (Phi) is 7.25. The molecule has 1 fully saturated rings. The Bertz CT molecular complexity index is 1170. The Balaban J connectivity index is 1.19. The predicted molar refractivity (Wildman–Crippen MR) is 130 cm³/mol. The summed E-state index contributed by atoms with van der Waals surface area (Å²) >= 11 is 9.21. The van der Waals surface area contributed by atoms with Crippen molar-refractivity contribution in [2.45, 2.75) is 10.8 Å². The molecule has 3 amide bonds. The maximum Gasteiger partial charge on any atom is 0.266 e. The molecule has 4 rings (SSSR count). The molecule has 1 aliphatic rings. The molecule has 2 aromatic heterocycles. The number of hydrazine groups is 1. The molecule has 164 valence electrons. The summed E-state index contributed by atoms with van der Waals surface area (Å²) in [6, 6.07) is 11.2. The van der Waals surface area contributed by atoms with Gasteiger partial charge in [0.1, 0.15) is 10.1 Å². The molecule has 2 N–H and O–H groups in total. The Morgan fingerprint density at radius 3 is 2.78 bits per heavy atom. The first kappa shape index (κ1) is 22.5. The molecule has 1 aromatic carbocycles. The van der Waals surface area contributed by atoms with E-state index in [4.69, 9.17) is 16.6 Å². The lowest BCUT2D eigenvalue weighted by Gasteiger charge is -2.14. The van der Waals surface area contributed by atoms with Crippen LogP contribution in [0.4, 0.5) is 0 Å². The number of hydrogen-bond acceptors (Lipinski definition) is 9. The van der Waals surface area contributed by atoms with Gasteiger partial charge in [-0.15, -0.1) is 11.3 Å². The van der Waals surface area contributed by atoms with Gasteiger partial charge in [0.2, 0.25) is 11.8 Å². The molecule has 1 saturated heterocycles. The Hall–Kier alpha value is -2.67. The van der Waals surface area contributed by atoms with Crippen LogP contribution in [0.25, 0.3) is 16.3 Å². The van der Waals surface area contributed by atoms with Crippen LogP contribution in [0.15, 0.2) is 56.3 Å². The largest absolute Gasteiger partial charge is 0.465 e. The van der Waals surface area contributed by atoms with Crippen LogP contribution in [0, 0.1) is 0 Å². The second-order valence-corrected chi connectivity index (χ2v) is 10.4. The van der Waals surface area contributed by atoms with E-state index in [1.54, 1.807) is 18.2 Å². The van der Waals surface area contributed by atoms with Crippen molar-refractivity contribution in [1.82, 2.24) is 20.7 Å². The number of amides is 3. The van der Waals surface area contributed by atoms with Gasteiger partial charge < -0.3 is 4.42 Å². The number of nitrogens with one attached hydrogen (secondary N) is 2. The number of carbonyl (C=O) groups is 3. The summed E-state index contributed by atoms with van der Waals surface area (Å²) in [5.41, 5.74) is 5.63. The number of fused-ring (bicyclic) bond motifs is 1. The first-order chi connectivity index (χ1) is 15.5. The van der Waals surface area contributed by atoms with E-state index in [1.165, 1.54) is 34.3 Å². The predicted octanol–water partition coefficient (Wildman–Crippen LogP) is 3.42. The van der Waals surface area contributed by atoms with Gasteiger partial charge in [0.15, 0.2) is 4.34 Å². The summed E-state index contributed by atoms with van der Waals surface area (Å²) in [5.74, 6) is -0.385. The highest BCUT2D eigenvalue weighted by atomic mass is 32.2. The molecule has 3 heterocycles. The number of hydrogen-bond donors (Lipinski definition) is 2. The summed E-state index contributed by atoms with van der Waals surface area (Å²) in [7, 11) is 0. The molecule has 0 atom stereocenters. The van der Waals surface area contributed by atoms with Crippen LogP contribution in [0.3, 0.4) is 0 Å². The zero-order chi connectivity index (χ0) is 22.5. The van der Waals surface area contributed by atoms with Gasteiger partial charge in [-0.1, -0.05) is 47.9 Å². The van der Waals surface area contributed by atoms with Gasteiger partial charge in [0, 0.05) is 19.0 Å². The Morgan fingerprint density at radius 1 is 1.19 bits per heavy atom. The van der Waals surface area contributed by atoms with Gasteiger partial charge in [-0.05, 0) is 24.3 Å². The average Bonchev–Trinajstić information content (AvgIpc) is 3.50. The fraction of sp³-hybridized carbons (Fsp3) is 0.150. The fourth-order valence-electron chi connectivity index (χ4n) is 2.69. The van der Waals surface area contributed by atoms with Gasteiger partial charge in [0.25, 0.3) is 5.91 Å². The third-order valence-electron chi connectivity index (χ3n) is 4.19. The highest BCUT2D eigenvalue weighted by Crippen LogP contribution is 2.32. The molecule has 0 bridgehead atoms. The first-order valence-corrected chi connectivity index (χ1v) is 12.4. The van der Waals surface area contributed by atoms with Crippen LogP contribution in [-0.2, 0) is 14.4 Å². The van der Waals surface area contributed by atoms with E-state index in [1.807, 2.05) is 24.3 Å². The summed E-state index contributed by atoms with van der Waals surface area (Å²) < 4.78 is 7.43. The summed E-state index contributed by atoms with van der Waals surface area (Å²) in [4.78, 5) is 42.9. The normalized spacial score (nSPS) is 15.0. The summed E-state index contributed by atoms with van der Waals surface area (Å²) in [6.07, 6.45) is 3.12. The number of benzene rings is 1. The maximum absolute atomic E-state index is 12.5. The third kappa shape index (κ3) is 5.57. The standard InChI is InChI=1S/C20H16N4O4S4/c25-16(7-8-24-18(27)15(32-20(24)29)10-12-4-3-9-28-12)22-23-17(26)11-30-19-21-13-5-1-2-6-14(13)31-19/h1-6,9-10H,7-8,11H2,(H,22,25)(H,23,26)/b15-10+. The van der Waals surface area contributed by atoms with Crippen LogP contribution in [-0.4, -0.2) is 44.2 Å². The zero-order valence-electron chi connectivity index (χ0n) is 16.4. The average molecular weight is 505 g/mol. The lowest BCUT2D eigenvalue weighted by molar-refractivity contribution is -0.128. The van der Waals surface area contributed by atoms with Crippen LogP contribution in [0.1, 0.15) is 12.2 Å². The molecule has 0 saturated carbocycles. The lowest BCUT2D eigenvalue weighted by atomic mass is 10.3. The maximum atomic E-state index is 12.5. The Morgan fingerprint density at radius 2 is 2.00 bits per heavy atom. The van der Waals surface area contributed by atoms with Crippen LogP contribution in [0.2, 0.25) is 0 Å². The second-order valence-electron chi connectivity index (χ2n) is 6.43. The van der Waals surface area contributed by atoms with Crippen molar-refractivity contribution >= 4 is 85.4 Å². The van der Waals surface area contributed by atoms with Crippen molar-refractivity contribution in [3.63, 3.8) is 0 Å². The number of rotatable bonds is 7. The van der Waals surface area contributed by atoms with Gasteiger partial charge >= 0.3 is 0 Å². The number of para-hydroxylation sites is 1. The molecule has 0 spiro atoms. The van der Waals surface area contributed by atoms with Crippen molar-refractivity contribution in [3.05, 3.63) is 53.3 Å². The smallest absolute Gasteiger partial charge is 0.266 e. The van der Waals surface area contributed by atoms with E-state index in [0.717, 1.165) is 26.3 Å². The second kappa shape index (κ2) is 10.3. The van der Waals surface area contributed by atoms with Crippen molar-refractivity contribution in [2.24, 2.45) is 0 Å². The van der Waals surface area contributed by atoms with E-state index < -0.39 is 5.91 Å². The third-order valence-corrected chi connectivity index (χ3v) is 7.75. The molecule has 0 unspecified atom stereocenters. The topological polar surface area (TPSA) is 105 Å². The van der Waals surface area contributed by atoms with E-state index >= 15 is 0 Å². The zero-order valence-corrected chi connectivity index (χ0v) is 19.7. The first-order valence-electron chi connectivity index (χ1n) is 9.34. The molecule has 32 heavy (non-hydrogen) atoms. The van der Waals surface area contributed by atoms with Gasteiger partial charge in [-0.25, -0.2) is 4.98 Å². The fourth-order valence-corrected chi connectivity index (χ4v) is 5.84. The van der Waals surface area contributed by atoms with Crippen LogP contribution < -0.4 is 10.9 Å². The SMILES string of the molecule is O=C(CCN1C(=O)/C(=C\c2ccco2)SC1=S)NNC(=O)CSc1nc2ccccc2s1. The molecule has 1 aliphatic heterocycles. The van der Waals surface area contributed by atoms with Gasteiger partial charge in [-0.3, -0.25) is 30.1 Å². The Labute approximate surface area is 200 Å². The minimum absolute atomic E-state index is 0.00817. The van der Waals surface area contributed by atoms with E-state index in [0.29, 0.717) is 15.0 Å². The van der Waals surface area contributed by atoms with E-state index in [9.17, 15) is 14.4 Å². The number of carbonyl (C=O) groups excluding carboxylic acids is 3. The quantitative estimate of drug-likeness (QED) is 0.218. The minimum Gasteiger partial charge on any atom is -0.465 e. The lowest BCUT2D eigenvalue weighted by Crippen LogP contribution is -2.43. The highest BCUT2D eigenvalue weighted by Gasteiger charge is 2.32. The highest BCUT2D eigenvalue weighted by molar-refractivity contribution is 8.26. The number of nitrogens with zero attached hydrogens (tertiary/aromatic N) is 2. The minimum atomic E-state index is -0.424. The number of thiocarbonyl (C=S) groups is 1. The number of thiazole rings is 1. The van der Waals surface area contributed by atoms with Crippen molar-refractivity contribution in [2.75, 3.05) is 12.3 Å². The molecular weight excluding hydrogens is 489 g/mol. The van der Waals surface area contributed by atoms with Crippen molar-refractivity contribution in [3.8, 4) is 0 Å². The van der Waals surface area contributed by atoms with E-state index in [2.05, 4.69) is 15.8 Å².